The first-order valence-electron chi connectivity index (χ1n) is 5.99. The second-order valence-corrected chi connectivity index (χ2v) is 8.07. The predicted octanol–water partition coefficient (Wildman–Crippen LogP) is 2.43. The van der Waals surface area contributed by atoms with Crippen molar-refractivity contribution in [3.05, 3.63) is 0 Å². The molecule has 0 saturated carbocycles. The van der Waals surface area contributed by atoms with E-state index < -0.39 is 29.9 Å². The van der Waals surface area contributed by atoms with Gasteiger partial charge in [0.1, 0.15) is 12.1 Å². The molecular formula is C10H17Br2Cl2N3O5S. The highest BCUT2D eigenvalue weighted by Gasteiger charge is 2.23. The van der Waals surface area contributed by atoms with E-state index in [9.17, 15) is 14.4 Å². The molecule has 136 valence electrons. The maximum absolute atomic E-state index is 10.5. The maximum atomic E-state index is 10.5. The number of amides is 1. The number of nitrogens with zero attached hydrogens (tertiary/aromatic N) is 2. The molecule has 0 spiro atoms. The minimum absolute atomic E-state index is 0.00815. The van der Waals surface area contributed by atoms with Crippen molar-refractivity contribution in [1.82, 2.24) is 6.89 Å². The first kappa shape index (κ1) is 25.5. The zero-order valence-electron chi connectivity index (χ0n) is 12.0. The lowest BCUT2D eigenvalue weighted by Gasteiger charge is -2.13. The molecule has 1 amide bonds. The van der Waals surface area contributed by atoms with E-state index in [4.69, 9.17) is 39.5 Å². The zero-order chi connectivity index (χ0) is 18.6. The van der Waals surface area contributed by atoms with E-state index in [0.29, 0.717) is 6.42 Å². The number of carboxylic acid groups (broad SMARTS) is 2. The van der Waals surface area contributed by atoms with Crippen LogP contribution in [0.3, 0.4) is 0 Å². The van der Waals surface area contributed by atoms with Gasteiger partial charge < -0.3 is 15.9 Å². The number of thioether (sulfide) groups is 1. The van der Waals surface area contributed by atoms with Gasteiger partial charge in [0.25, 0.3) is 0 Å². The zero-order valence-corrected chi connectivity index (χ0v) is 17.5. The molecule has 0 bridgehead atoms. The Balaban J connectivity index is 0. The minimum atomic E-state index is -1.11. The molecule has 23 heavy (non-hydrogen) atoms. The summed E-state index contributed by atoms with van der Waals surface area (Å²) >= 11 is 18.0. The second kappa shape index (κ2) is 14.6. The summed E-state index contributed by atoms with van der Waals surface area (Å²) in [5, 5.41) is 17.2. The topological polar surface area (TPSA) is 124 Å². The van der Waals surface area contributed by atoms with Gasteiger partial charge in [0.05, 0.1) is 0 Å². The summed E-state index contributed by atoms with van der Waals surface area (Å²) in [6.07, 6.45) is 2.53. The molecule has 0 aromatic carbocycles. The van der Waals surface area contributed by atoms with Crippen LogP contribution in [0.25, 0.3) is 0 Å². The summed E-state index contributed by atoms with van der Waals surface area (Å²) in [6, 6.07) is -1.59. The van der Waals surface area contributed by atoms with E-state index in [1.807, 2.05) is 6.26 Å². The molecule has 0 fully saturated rings. The van der Waals surface area contributed by atoms with Crippen molar-refractivity contribution in [1.29, 1.82) is 0 Å². The molecule has 2 atom stereocenters. The number of primary amides is 1. The van der Waals surface area contributed by atoms with Crippen LogP contribution in [-0.2, 0) is 14.4 Å². The molecule has 0 aromatic rings. The van der Waals surface area contributed by atoms with Gasteiger partial charge in [0.2, 0.25) is 5.91 Å². The summed E-state index contributed by atoms with van der Waals surface area (Å²) < 4.78 is 1.85. The van der Waals surface area contributed by atoms with Gasteiger partial charge >= 0.3 is 11.9 Å². The average molecular weight is 522 g/mol. The van der Waals surface area contributed by atoms with Crippen LogP contribution >= 0.6 is 67.6 Å². The molecule has 8 nitrogen and oxygen atoms in total. The lowest BCUT2D eigenvalue weighted by atomic mass is 10.2. The third kappa shape index (κ3) is 14.3. The molecule has 0 aliphatic carbocycles. The summed E-state index contributed by atoms with van der Waals surface area (Å²) in [7, 11) is 0. The third-order valence-electron chi connectivity index (χ3n) is 2.30. The number of hydrogen-bond acceptors (Lipinski definition) is 6. The fourth-order valence-corrected chi connectivity index (χ4v) is 2.70. The number of hydrogen-bond donors (Lipinski definition) is 3. The van der Waals surface area contributed by atoms with E-state index in [-0.39, 0.29) is 12.8 Å². The molecule has 0 heterocycles. The SMILES string of the molecule is CSCCC(C(=O)O)N(Cl)Br.NC(=O)CCC(C(=O)O)N(Cl)Br. The van der Waals surface area contributed by atoms with Crippen molar-refractivity contribution < 1.29 is 24.6 Å². The van der Waals surface area contributed by atoms with Gasteiger partial charge in [-0.3, -0.25) is 14.4 Å². The number of carbonyl (C=O) groups is 3. The molecule has 0 aliphatic rings. The Morgan fingerprint density at radius 2 is 1.48 bits per heavy atom. The van der Waals surface area contributed by atoms with Crippen LogP contribution in [0.5, 0.6) is 0 Å². The number of aliphatic carboxylic acids is 2. The monoisotopic (exact) mass is 519 g/mol. The van der Waals surface area contributed by atoms with Crippen molar-refractivity contribution in [2.45, 2.75) is 31.3 Å². The van der Waals surface area contributed by atoms with Gasteiger partial charge in [-0.1, -0.05) is 0 Å². The quantitative estimate of drug-likeness (QED) is 0.374. The van der Waals surface area contributed by atoms with Crippen LogP contribution < -0.4 is 5.73 Å². The van der Waals surface area contributed by atoms with Crippen molar-refractivity contribution in [3.63, 3.8) is 0 Å². The number of nitrogens with two attached hydrogens (primary N) is 1. The molecule has 4 N–H and O–H groups in total. The first-order valence-corrected chi connectivity index (χ1v) is 9.47. The summed E-state index contributed by atoms with van der Waals surface area (Å²) in [6.45, 7) is 0. The van der Waals surface area contributed by atoms with E-state index in [1.165, 1.54) is 0 Å². The van der Waals surface area contributed by atoms with Crippen molar-refractivity contribution in [2.24, 2.45) is 5.73 Å². The van der Waals surface area contributed by atoms with Crippen molar-refractivity contribution in [3.8, 4) is 0 Å². The Morgan fingerprint density at radius 3 is 1.74 bits per heavy atom. The lowest BCUT2D eigenvalue weighted by molar-refractivity contribution is -0.141. The van der Waals surface area contributed by atoms with Gasteiger partial charge in [-0.25, -0.2) is 0 Å². The number of rotatable bonds is 10. The smallest absolute Gasteiger partial charge is 0.323 e. The van der Waals surface area contributed by atoms with Crippen molar-refractivity contribution in [2.75, 3.05) is 12.0 Å². The predicted molar refractivity (Wildman–Crippen MR) is 97.5 cm³/mol. The molecule has 0 aliphatic heterocycles. The minimum Gasteiger partial charge on any atom is -0.480 e. The molecule has 0 saturated heterocycles. The van der Waals surface area contributed by atoms with Gasteiger partial charge in [0, 0.05) is 38.7 Å². The highest BCUT2D eigenvalue weighted by molar-refractivity contribution is 9.08. The van der Waals surface area contributed by atoms with E-state index in [1.54, 1.807) is 11.8 Å². The third-order valence-corrected chi connectivity index (χ3v) is 4.40. The Kier molecular flexibility index (Phi) is 16.1. The van der Waals surface area contributed by atoms with Gasteiger partial charge in [-0.05, 0) is 48.4 Å². The number of carbonyl (C=O) groups excluding carboxylic acids is 1. The normalized spacial score (nSPS) is 13.2. The van der Waals surface area contributed by atoms with Crippen LogP contribution in [-0.4, -0.2) is 59.0 Å². The lowest BCUT2D eigenvalue weighted by Crippen LogP contribution is -2.30. The summed E-state index contributed by atoms with van der Waals surface area (Å²) in [4.78, 5) is 31.2. The van der Waals surface area contributed by atoms with Gasteiger partial charge in [-0.2, -0.15) is 11.8 Å². The Morgan fingerprint density at radius 1 is 1.09 bits per heavy atom. The van der Waals surface area contributed by atoms with Crippen LogP contribution in [0.1, 0.15) is 19.3 Å². The summed E-state index contributed by atoms with van der Waals surface area (Å²) in [5.74, 6) is -1.78. The number of halogens is 4. The largest absolute Gasteiger partial charge is 0.480 e. The van der Waals surface area contributed by atoms with Crippen LogP contribution in [0.2, 0.25) is 0 Å². The molecule has 2 unspecified atom stereocenters. The summed E-state index contributed by atoms with van der Waals surface area (Å²) in [5.41, 5.74) is 4.83. The van der Waals surface area contributed by atoms with Crippen LogP contribution in [0.15, 0.2) is 0 Å². The first-order chi connectivity index (χ1) is 10.5. The molecule has 0 aromatic heterocycles. The molecule has 0 radical (unpaired) electrons. The highest BCUT2D eigenvalue weighted by Crippen LogP contribution is 2.15. The fourth-order valence-electron chi connectivity index (χ4n) is 1.12. The van der Waals surface area contributed by atoms with Crippen molar-refractivity contribution >= 4 is 85.5 Å². The Labute approximate surface area is 165 Å². The maximum Gasteiger partial charge on any atom is 0.323 e. The second-order valence-electron chi connectivity index (χ2n) is 4.01. The number of carboxylic acids is 2. The highest BCUT2D eigenvalue weighted by atomic mass is 79.9. The Bertz CT molecular complexity index is 394. The molecule has 0 rings (SSSR count). The van der Waals surface area contributed by atoms with E-state index >= 15 is 0 Å². The van der Waals surface area contributed by atoms with E-state index in [2.05, 4.69) is 32.3 Å². The fraction of sp³-hybridized carbons (Fsp3) is 0.700. The van der Waals surface area contributed by atoms with Gasteiger partial charge in [0.15, 0.2) is 0 Å². The van der Waals surface area contributed by atoms with E-state index in [0.717, 1.165) is 12.6 Å². The Hall–Kier alpha value is 0.220. The standard InChI is InChI=1S/C5H8BrClN2O3.C5H9BrClNO2S/c6-9(7)3(5(11)12)1-2-4(8)10;1-11-3-2-4(5(9)10)8(6)7/h3H,1-2H2,(H2,8,10)(H,11,12);4H,2-3H2,1H3,(H,9,10). The van der Waals surface area contributed by atoms with Crippen LogP contribution in [0, 0.1) is 0 Å². The molecule has 13 heteroatoms. The van der Waals surface area contributed by atoms with Gasteiger partial charge in [-0.15, -0.1) is 6.89 Å². The molecular weight excluding hydrogens is 505 g/mol. The average Bonchev–Trinajstić information content (AvgIpc) is 2.37. The van der Waals surface area contributed by atoms with Crippen LogP contribution in [0.4, 0.5) is 0 Å².